The molecule has 2 rings (SSSR count). The highest BCUT2D eigenvalue weighted by Crippen LogP contribution is 2.30. The van der Waals surface area contributed by atoms with Gasteiger partial charge in [-0.1, -0.05) is 13.3 Å². The standard InChI is InChI=1S/C12H24N2/c1-10-5-3-7-12(10)14(2)11-6-4-8-13-9-11/h10-13H,3-9H2,1-2H3. The molecule has 82 valence electrons. The average Bonchev–Trinajstić information content (AvgIpc) is 2.65. The van der Waals surface area contributed by atoms with E-state index in [1.165, 1.54) is 45.2 Å². The number of piperidine rings is 1. The van der Waals surface area contributed by atoms with Crippen molar-refractivity contribution in [3.8, 4) is 0 Å². The Labute approximate surface area is 88.1 Å². The third kappa shape index (κ3) is 2.12. The Morgan fingerprint density at radius 2 is 2.00 bits per heavy atom. The van der Waals surface area contributed by atoms with Crippen LogP contribution in [0.2, 0.25) is 0 Å². The fourth-order valence-corrected chi connectivity index (χ4v) is 3.18. The third-order valence-electron chi connectivity index (χ3n) is 4.19. The van der Waals surface area contributed by atoms with E-state index in [4.69, 9.17) is 0 Å². The van der Waals surface area contributed by atoms with Crippen LogP contribution < -0.4 is 5.32 Å². The minimum atomic E-state index is 0.800. The molecule has 1 aliphatic carbocycles. The lowest BCUT2D eigenvalue weighted by atomic mass is 9.99. The second-order valence-corrected chi connectivity index (χ2v) is 5.14. The van der Waals surface area contributed by atoms with Gasteiger partial charge in [0.2, 0.25) is 0 Å². The number of rotatable bonds is 2. The summed E-state index contributed by atoms with van der Waals surface area (Å²) in [6, 6.07) is 1.66. The average molecular weight is 196 g/mol. The van der Waals surface area contributed by atoms with E-state index in [-0.39, 0.29) is 0 Å². The van der Waals surface area contributed by atoms with Crippen LogP contribution in [0.25, 0.3) is 0 Å². The summed E-state index contributed by atoms with van der Waals surface area (Å²) in [5.74, 6) is 0.918. The van der Waals surface area contributed by atoms with Crippen LogP contribution in [0.1, 0.15) is 39.0 Å². The van der Waals surface area contributed by atoms with Gasteiger partial charge in [-0.05, 0) is 45.2 Å². The Morgan fingerprint density at radius 1 is 1.14 bits per heavy atom. The Bertz CT molecular complexity index is 175. The Kier molecular flexibility index (Phi) is 3.45. The molecule has 1 aliphatic heterocycles. The van der Waals surface area contributed by atoms with Gasteiger partial charge in [0.15, 0.2) is 0 Å². The predicted octanol–water partition coefficient (Wildman–Crippen LogP) is 1.86. The number of likely N-dealkylation sites (N-methyl/N-ethyl adjacent to an activating group) is 1. The van der Waals surface area contributed by atoms with E-state index in [9.17, 15) is 0 Å². The topological polar surface area (TPSA) is 15.3 Å². The quantitative estimate of drug-likeness (QED) is 0.725. The lowest BCUT2D eigenvalue weighted by molar-refractivity contribution is 0.125. The van der Waals surface area contributed by atoms with E-state index >= 15 is 0 Å². The van der Waals surface area contributed by atoms with Gasteiger partial charge >= 0.3 is 0 Å². The normalized spacial score (nSPS) is 39.2. The lowest BCUT2D eigenvalue weighted by Gasteiger charge is -2.37. The Balaban J connectivity index is 1.89. The number of nitrogens with one attached hydrogen (secondary N) is 1. The summed E-state index contributed by atoms with van der Waals surface area (Å²) in [5.41, 5.74) is 0. The van der Waals surface area contributed by atoms with Crippen LogP contribution in [0, 0.1) is 5.92 Å². The number of nitrogens with zero attached hydrogens (tertiary/aromatic N) is 1. The maximum absolute atomic E-state index is 3.51. The van der Waals surface area contributed by atoms with Crippen LogP contribution in [0.3, 0.4) is 0 Å². The summed E-state index contributed by atoms with van der Waals surface area (Å²) in [7, 11) is 2.34. The lowest BCUT2D eigenvalue weighted by Crippen LogP contribution is -2.49. The van der Waals surface area contributed by atoms with Crippen LogP contribution in [-0.2, 0) is 0 Å². The highest BCUT2D eigenvalue weighted by Gasteiger charge is 2.31. The SMILES string of the molecule is CC1CCCC1N(C)C1CCCNC1. The molecule has 1 heterocycles. The minimum Gasteiger partial charge on any atom is -0.315 e. The van der Waals surface area contributed by atoms with Gasteiger partial charge in [0.25, 0.3) is 0 Å². The van der Waals surface area contributed by atoms with Crippen molar-refractivity contribution in [2.45, 2.75) is 51.1 Å². The fourth-order valence-electron chi connectivity index (χ4n) is 3.18. The highest BCUT2D eigenvalue weighted by atomic mass is 15.2. The molecule has 0 aromatic rings. The van der Waals surface area contributed by atoms with E-state index in [0.29, 0.717) is 0 Å². The van der Waals surface area contributed by atoms with Crippen LogP contribution in [0.5, 0.6) is 0 Å². The smallest absolute Gasteiger partial charge is 0.0221 e. The molecular weight excluding hydrogens is 172 g/mol. The van der Waals surface area contributed by atoms with Crippen molar-refractivity contribution < 1.29 is 0 Å². The fraction of sp³-hybridized carbons (Fsp3) is 1.00. The maximum atomic E-state index is 3.51. The van der Waals surface area contributed by atoms with Crippen molar-refractivity contribution in [2.24, 2.45) is 5.92 Å². The van der Waals surface area contributed by atoms with Crippen molar-refractivity contribution in [3.05, 3.63) is 0 Å². The van der Waals surface area contributed by atoms with Crippen LogP contribution >= 0.6 is 0 Å². The van der Waals surface area contributed by atoms with Gasteiger partial charge in [-0.15, -0.1) is 0 Å². The third-order valence-corrected chi connectivity index (χ3v) is 4.19. The monoisotopic (exact) mass is 196 g/mol. The molecule has 1 N–H and O–H groups in total. The van der Waals surface area contributed by atoms with Gasteiger partial charge in [-0.25, -0.2) is 0 Å². The molecule has 0 spiro atoms. The molecule has 2 nitrogen and oxygen atoms in total. The van der Waals surface area contributed by atoms with Crippen molar-refractivity contribution in [3.63, 3.8) is 0 Å². The molecule has 0 aromatic heterocycles. The first kappa shape index (κ1) is 10.4. The van der Waals surface area contributed by atoms with E-state index in [0.717, 1.165) is 18.0 Å². The van der Waals surface area contributed by atoms with Gasteiger partial charge in [-0.2, -0.15) is 0 Å². The first-order chi connectivity index (χ1) is 6.79. The van der Waals surface area contributed by atoms with Crippen LogP contribution in [0.4, 0.5) is 0 Å². The summed E-state index contributed by atoms with van der Waals surface area (Å²) >= 11 is 0. The zero-order chi connectivity index (χ0) is 9.97. The number of hydrogen-bond acceptors (Lipinski definition) is 2. The number of hydrogen-bond donors (Lipinski definition) is 1. The van der Waals surface area contributed by atoms with E-state index in [2.05, 4.69) is 24.2 Å². The van der Waals surface area contributed by atoms with E-state index in [1.54, 1.807) is 0 Å². The molecular formula is C12H24N2. The highest BCUT2D eigenvalue weighted by molar-refractivity contribution is 4.87. The van der Waals surface area contributed by atoms with Gasteiger partial charge < -0.3 is 5.32 Å². The minimum absolute atomic E-state index is 0.800. The molecule has 2 fully saturated rings. The van der Waals surface area contributed by atoms with Crippen LogP contribution in [0.15, 0.2) is 0 Å². The molecule has 3 atom stereocenters. The molecule has 1 saturated heterocycles. The second kappa shape index (κ2) is 4.63. The second-order valence-electron chi connectivity index (χ2n) is 5.14. The molecule has 3 unspecified atom stereocenters. The van der Waals surface area contributed by atoms with Crippen molar-refractivity contribution in [1.82, 2.24) is 10.2 Å². The van der Waals surface area contributed by atoms with Gasteiger partial charge in [0.1, 0.15) is 0 Å². The molecule has 0 bridgehead atoms. The Hall–Kier alpha value is -0.0800. The predicted molar refractivity (Wildman–Crippen MR) is 60.5 cm³/mol. The van der Waals surface area contributed by atoms with Crippen molar-refractivity contribution in [2.75, 3.05) is 20.1 Å². The largest absolute Gasteiger partial charge is 0.315 e. The Morgan fingerprint density at radius 3 is 2.57 bits per heavy atom. The molecule has 2 heteroatoms. The first-order valence-electron chi connectivity index (χ1n) is 6.21. The molecule has 1 saturated carbocycles. The molecule has 2 aliphatic rings. The first-order valence-corrected chi connectivity index (χ1v) is 6.21. The summed E-state index contributed by atoms with van der Waals surface area (Å²) in [6.07, 6.45) is 7.06. The van der Waals surface area contributed by atoms with Gasteiger partial charge in [0.05, 0.1) is 0 Å². The zero-order valence-corrected chi connectivity index (χ0v) is 9.63. The zero-order valence-electron chi connectivity index (χ0n) is 9.63. The van der Waals surface area contributed by atoms with Crippen molar-refractivity contribution >= 4 is 0 Å². The van der Waals surface area contributed by atoms with Crippen molar-refractivity contribution in [1.29, 1.82) is 0 Å². The van der Waals surface area contributed by atoms with E-state index in [1.807, 2.05) is 0 Å². The molecule has 14 heavy (non-hydrogen) atoms. The maximum Gasteiger partial charge on any atom is 0.0221 e. The molecule has 0 amide bonds. The summed E-state index contributed by atoms with van der Waals surface area (Å²) in [4.78, 5) is 2.66. The summed E-state index contributed by atoms with van der Waals surface area (Å²) < 4.78 is 0. The van der Waals surface area contributed by atoms with Gasteiger partial charge in [-0.3, -0.25) is 4.90 Å². The molecule has 0 aromatic carbocycles. The molecule has 0 radical (unpaired) electrons. The van der Waals surface area contributed by atoms with Gasteiger partial charge in [0, 0.05) is 18.6 Å². The summed E-state index contributed by atoms with van der Waals surface area (Å²) in [5, 5.41) is 3.51. The van der Waals surface area contributed by atoms with Crippen LogP contribution in [-0.4, -0.2) is 37.1 Å². The summed E-state index contributed by atoms with van der Waals surface area (Å²) in [6.45, 7) is 4.86. The van der Waals surface area contributed by atoms with E-state index < -0.39 is 0 Å².